The lowest BCUT2D eigenvalue weighted by Gasteiger charge is -2.29. The molecule has 0 aliphatic carbocycles. The summed E-state index contributed by atoms with van der Waals surface area (Å²) in [5.74, 6) is -0.0243. The van der Waals surface area contributed by atoms with Gasteiger partial charge in [0.25, 0.3) is 5.91 Å². The molecule has 0 radical (unpaired) electrons. The molecule has 5 nitrogen and oxygen atoms in total. The standard InChI is InChI=1S/C16H21N3O2/c1-12(11-19-7-9-21-10-8-19)18-16(20)14-4-2-3-13-5-6-17-15(13)14/h2-6,12,17H,7-11H2,1H3,(H,18,20). The Balaban J connectivity index is 1.64. The van der Waals surface area contributed by atoms with Crippen LogP contribution in [-0.4, -0.2) is 54.7 Å². The molecule has 1 unspecified atom stereocenters. The van der Waals surface area contributed by atoms with E-state index >= 15 is 0 Å². The summed E-state index contributed by atoms with van der Waals surface area (Å²) in [7, 11) is 0. The van der Waals surface area contributed by atoms with E-state index in [0.717, 1.165) is 43.8 Å². The van der Waals surface area contributed by atoms with E-state index in [4.69, 9.17) is 4.74 Å². The topological polar surface area (TPSA) is 57.4 Å². The molecule has 0 spiro atoms. The van der Waals surface area contributed by atoms with Crippen LogP contribution in [0.2, 0.25) is 0 Å². The van der Waals surface area contributed by atoms with Gasteiger partial charge < -0.3 is 15.0 Å². The van der Waals surface area contributed by atoms with Gasteiger partial charge in [0.05, 0.1) is 24.3 Å². The first-order valence-electron chi connectivity index (χ1n) is 7.41. The van der Waals surface area contributed by atoms with E-state index in [2.05, 4.69) is 15.2 Å². The Morgan fingerprint density at radius 3 is 3.00 bits per heavy atom. The molecule has 1 aliphatic heterocycles. The fourth-order valence-electron chi connectivity index (χ4n) is 2.79. The lowest BCUT2D eigenvalue weighted by atomic mass is 10.1. The molecule has 1 amide bonds. The number of carbonyl (C=O) groups excluding carboxylic acids is 1. The number of aromatic nitrogens is 1. The molecule has 1 saturated heterocycles. The normalized spacial score (nSPS) is 17.8. The summed E-state index contributed by atoms with van der Waals surface area (Å²) in [4.78, 5) is 17.9. The highest BCUT2D eigenvalue weighted by molar-refractivity contribution is 6.05. The lowest BCUT2D eigenvalue weighted by Crippen LogP contribution is -2.46. The molecule has 1 aromatic carbocycles. The van der Waals surface area contributed by atoms with Crippen molar-refractivity contribution in [1.29, 1.82) is 0 Å². The number of aromatic amines is 1. The van der Waals surface area contributed by atoms with Crippen molar-refractivity contribution in [3.05, 3.63) is 36.0 Å². The van der Waals surface area contributed by atoms with Crippen molar-refractivity contribution < 1.29 is 9.53 Å². The molecule has 1 fully saturated rings. The monoisotopic (exact) mass is 287 g/mol. The zero-order chi connectivity index (χ0) is 14.7. The number of hydrogen-bond donors (Lipinski definition) is 2. The van der Waals surface area contributed by atoms with Crippen LogP contribution in [-0.2, 0) is 4.74 Å². The Morgan fingerprint density at radius 1 is 1.38 bits per heavy atom. The minimum absolute atomic E-state index is 0.0243. The number of ether oxygens (including phenoxy) is 1. The van der Waals surface area contributed by atoms with E-state index < -0.39 is 0 Å². The largest absolute Gasteiger partial charge is 0.379 e. The molecule has 2 N–H and O–H groups in total. The van der Waals surface area contributed by atoms with Gasteiger partial charge in [-0.3, -0.25) is 9.69 Å². The second-order valence-corrected chi connectivity index (χ2v) is 5.53. The van der Waals surface area contributed by atoms with Gasteiger partial charge in [0.1, 0.15) is 0 Å². The zero-order valence-corrected chi connectivity index (χ0v) is 12.3. The van der Waals surface area contributed by atoms with E-state index in [9.17, 15) is 4.79 Å². The highest BCUT2D eigenvalue weighted by Crippen LogP contribution is 2.16. The van der Waals surface area contributed by atoms with Gasteiger partial charge in [0, 0.05) is 37.3 Å². The van der Waals surface area contributed by atoms with Gasteiger partial charge in [-0.2, -0.15) is 0 Å². The number of carbonyl (C=O) groups is 1. The zero-order valence-electron chi connectivity index (χ0n) is 12.3. The van der Waals surface area contributed by atoms with Gasteiger partial charge in [-0.1, -0.05) is 12.1 Å². The molecule has 0 saturated carbocycles. The number of H-pyrrole nitrogens is 1. The summed E-state index contributed by atoms with van der Waals surface area (Å²) in [6.07, 6.45) is 1.86. The van der Waals surface area contributed by atoms with Gasteiger partial charge in [-0.15, -0.1) is 0 Å². The van der Waals surface area contributed by atoms with Gasteiger partial charge in [-0.25, -0.2) is 0 Å². The van der Waals surface area contributed by atoms with Crippen LogP contribution >= 0.6 is 0 Å². The molecule has 21 heavy (non-hydrogen) atoms. The third-order valence-electron chi connectivity index (χ3n) is 3.85. The Morgan fingerprint density at radius 2 is 2.19 bits per heavy atom. The third kappa shape index (κ3) is 3.25. The summed E-state index contributed by atoms with van der Waals surface area (Å²) >= 11 is 0. The Kier molecular flexibility index (Phi) is 4.22. The second kappa shape index (κ2) is 6.28. The van der Waals surface area contributed by atoms with E-state index in [-0.39, 0.29) is 11.9 Å². The maximum atomic E-state index is 12.4. The fraction of sp³-hybridized carbons (Fsp3) is 0.438. The number of amides is 1. The third-order valence-corrected chi connectivity index (χ3v) is 3.85. The van der Waals surface area contributed by atoms with Crippen molar-refractivity contribution >= 4 is 16.8 Å². The molecule has 1 aliphatic rings. The maximum Gasteiger partial charge on any atom is 0.253 e. The predicted octanol–water partition coefficient (Wildman–Crippen LogP) is 1.62. The second-order valence-electron chi connectivity index (χ2n) is 5.53. The highest BCUT2D eigenvalue weighted by Gasteiger charge is 2.17. The van der Waals surface area contributed by atoms with Gasteiger partial charge >= 0.3 is 0 Å². The molecule has 2 aromatic rings. The van der Waals surface area contributed by atoms with Gasteiger partial charge in [-0.05, 0) is 19.1 Å². The molecule has 1 aromatic heterocycles. The van der Waals surface area contributed by atoms with Crippen LogP contribution in [0.4, 0.5) is 0 Å². The van der Waals surface area contributed by atoms with Crippen molar-refractivity contribution in [3.63, 3.8) is 0 Å². The van der Waals surface area contributed by atoms with Crippen LogP contribution in [0, 0.1) is 0 Å². The Labute approximate surface area is 124 Å². The number of fused-ring (bicyclic) bond motifs is 1. The van der Waals surface area contributed by atoms with Crippen LogP contribution in [0.15, 0.2) is 30.5 Å². The first-order valence-corrected chi connectivity index (χ1v) is 7.41. The van der Waals surface area contributed by atoms with E-state index in [1.807, 2.05) is 37.4 Å². The highest BCUT2D eigenvalue weighted by atomic mass is 16.5. The van der Waals surface area contributed by atoms with Crippen LogP contribution in [0.5, 0.6) is 0 Å². The fourth-order valence-corrected chi connectivity index (χ4v) is 2.79. The van der Waals surface area contributed by atoms with Crippen molar-refractivity contribution in [2.75, 3.05) is 32.8 Å². The van der Waals surface area contributed by atoms with Crippen molar-refractivity contribution in [2.24, 2.45) is 0 Å². The quantitative estimate of drug-likeness (QED) is 0.898. The molecule has 5 heteroatoms. The van der Waals surface area contributed by atoms with Crippen LogP contribution in [0.1, 0.15) is 17.3 Å². The molecular formula is C16H21N3O2. The van der Waals surface area contributed by atoms with E-state index in [1.165, 1.54) is 0 Å². The molecule has 0 bridgehead atoms. The minimum Gasteiger partial charge on any atom is -0.379 e. The Hall–Kier alpha value is -1.85. The number of hydrogen-bond acceptors (Lipinski definition) is 3. The van der Waals surface area contributed by atoms with Gasteiger partial charge in [0.15, 0.2) is 0 Å². The van der Waals surface area contributed by atoms with Crippen LogP contribution in [0.25, 0.3) is 10.9 Å². The average molecular weight is 287 g/mol. The number of benzene rings is 1. The number of nitrogens with zero attached hydrogens (tertiary/aromatic N) is 1. The number of nitrogens with one attached hydrogen (secondary N) is 2. The minimum atomic E-state index is -0.0243. The van der Waals surface area contributed by atoms with E-state index in [0.29, 0.717) is 5.56 Å². The number of rotatable bonds is 4. The molecule has 2 heterocycles. The Bertz CT molecular complexity index is 617. The number of para-hydroxylation sites is 1. The molecular weight excluding hydrogens is 266 g/mol. The van der Waals surface area contributed by atoms with Crippen LogP contribution < -0.4 is 5.32 Å². The van der Waals surface area contributed by atoms with Crippen LogP contribution in [0.3, 0.4) is 0 Å². The molecule has 1 atom stereocenters. The summed E-state index contributed by atoms with van der Waals surface area (Å²) in [5.41, 5.74) is 1.60. The summed E-state index contributed by atoms with van der Waals surface area (Å²) in [5, 5.41) is 4.14. The van der Waals surface area contributed by atoms with Gasteiger partial charge in [0.2, 0.25) is 0 Å². The SMILES string of the molecule is CC(CN1CCOCC1)NC(=O)c1cccc2cc[nH]c12. The van der Waals surface area contributed by atoms with E-state index in [1.54, 1.807) is 0 Å². The first-order chi connectivity index (χ1) is 10.2. The average Bonchev–Trinajstić information content (AvgIpc) is 2.96. The van der Waals surface area contributed by atoms with Crippen molar-refractivity contribution in [1.82, 2.24) is 15.2 Å². The van der Waals surface area contributed by atoms with Crippen molar-refractivity contribution in [2.45, 2.75) is 13.0 Å². The summed E-state index contributed by atoms with van der Waals surface area (Å²) in [6, 6.07) is 7.86. The lowest BCUT2D eigenvalue weighted by molar-refractivity contribution is 0.0342. The summed E-state index contributed by atoms with van der Waals surface area (Å²) in [6.45, 7) is 6.34. The molecule has 3 rings (SSSR count). The number of morpholine rings is 1. The van der Waals surface area contributed by atoms with Crippen molar-refractivity contribution in [3.8, 4) is 0 Å². The maximum absolute atomic E-state index is 12.4. The smallest absolute Gasteiger partial charge is 0.253 e. The predicted molar refractivity (Wildman–Crippen MR) is 82.5 cm³/mol. The summed E-state index contributed by atoms with van der Waals surface area (Å²) < 4.78 is 5.34. The molecule has 112 valence electrons. The first kappa shape index (κ1) is 14.1.